The molecule has 1 amide bonds. The second-order valence-electron chi connectivity index (χ2n) is 7.86. The van der Waals surface area contributed by atoms with Crippen molar-refractivity contribution in [2.45, 2.75) is 70.4 Å². The lowest BCUT2D eigenvalue weighted by atomic mass is 9.86. The molecule has 0 unspecified atom stereocenters. The Bertz CT molecular complexity index is 594. The summed E-state index contributed by atoms with van der Waals surface area (Å²) in [7, 11) is 1.40. The molecule has 0 aliphatic carbocycles. The van der Waals surface area contributed by atoms with Gasteiger partial charge in [-0.2, -0.15) is 0 Å². The van der Waals surface area contributed by atoms with Crippen molar-refractivity contribution in [3.63, 3.8) is 0 Å². The van der Waals surface area contributed by atoms with E-state index in [0.717, 1.165) is 37.7 Å². The van der Waals surface area contributed by atoms with Gasteiger partial charge in [-0.15, -0.1) is 0 Å². The molecule has 5 heteroatoms. The zero-order valence-corrected chi connectivity index (χ0v) is 16.4. The summed E-state index contributed by atoms with van der Waals surface area (Å²) in [6.45, 7) is 6.18. The maximum atomic E-state index is 12.9. The van der Waals surface area contributed by atoms with E-state index in [4.69, 9.17) is 9.47 Å². The first-order chi connectivity index (χ1) is 12.3. The number of hydrogen-bond donors (Lipinski definition) is 0. The average Bonchev–Trinajstić information content (AvgIpc) is 2.56. The van der Waals surface area contributed by atoms with Crippen molar-refractivity contribution < 1.29 is 19.1 Å². The first kappa shape index (κ1) is 20.3. The van der Waals surface area contributed by atoms with Crippen LogP contribution < -0.4 is 0 Å². The Morgan fingerprint density at radius 2 is 1.73 bits per heavy atom. The molecule has 26 heavy (non-hydrogen) atoms. The van der Waals surface area contributed by atoms with Crippen molar-refractivity contribution in [3.05, 3.63) is 35.9 Å². The smallest absolute Gasteiger partial charge is 0.410 e. The predicted octanol–water partition coefficient (Wildman–Crippen LogP) is 4.51. The van der Waals surface area contributed by atoms with Crippen LogP contribution >= 0.6 is 0 Å². The molecule has 144 valence electrons. The second-order valence-corrected chi connectivity index (χ2v) is 7.86. The number of amides is 1. The van der Waals surface area contributed by atoms with Crippen LogP contribution in [0.25, 0.3) is 0 Å². The number of ether oxygens (including phenoxy) is 2. The van der Waals surface area contributed by atoms with Crippen molar-refractivity contribution in [3.8, 4) is 0 Å². The summed E-state index contributed by atoms with van der Waals surface area (Å²) in [6, 6.07) is 9.32. The van der Waals surface area contributed by atoms with E-state index in [2.05, 4.69) is 0 Å². The number of rotatable bonds is 3. The minimum absolute atomic E-state index is 0.264. The van der Waals surface area contributed by atoms with Gasteiger partial charge < -0.3 is 14.4 Å². The Hall–Kier alpha value is -2.04. The second kappa shape index (κ2) is 9.06. The summed E-state index contributed by atoms with van der Waals surface area (Å²) in [5.74, 6) is -0.817. The van der Waals surface area contributed by atoms with Gasteiger partial charge in [0, 0.05) is 6.54 Å². The monoisotopic (exact) mass is 361 g/mol. The van der Waals surface area contributed by atoms with E-state index in [1.54, 1.807) is 4.90 Å². The fourth-order valence-electron chi connectivity index (χ4n) is 3.51. The highest BCUT2D eigenvalue weighted by Crippen LogP contribution is 2.31. The third-order valence-corrected chi connectivity index (χ3v) is 4.68. The van der Waals surface area contributed by atoms with E-state index in [1.807, 2.05) is 51.1 Å². The van der Waals surface area contributed by atoms with Crippen LogP contribution in [-0.4, -0.2) is 42.3 Å². The van der Waals surface area contributed by atoms with Gasteiger partial charge >= 0.3 is 12.1 Å². The van der Waals surface area contributed by atoms with Gasteiger partial charge in [-0.1, -0.05) is 49.6 Å². The lowest BCUT2D eigenvalue weighted by Gasteiger charge is -2.38. The molecule has 0 N–H and O–H groups in total. The van der Waals surface area contributed by atoms with Crippen LogP contribution in [0.2, 0.25) is 0 Å². The summed E-state index contributed by atoms with van der Waals surface area (Å²) in [5.41, 5.74) is 0.302. The number of carbonyl (C=O) groups is 2. The van der Waals surface area contributed by atoms with Crippen LogP contribution in [0.4, 0.5) is 4.79 Å². The largest absolute Gasteiger partial charge is 0.468 e. The average molecular weight is 361 g/mol. The van der Waals surface area contributed by atoms with Crippen LogP contribution in [0.1, 0.15) is 64.4 Å². The molecule has 1 heterocycles. The van der Waals surface area contributed by atoms with Crippen molar-refractivity contribution in [2.24, 2.45) is 0 Å². The third-order valence-electron chi connectivity index (χ3n) is 4.68. The van der Waals surface area contributed by atoms with Gasteiger partial charge in [-0.3, -0.25) is 4.79 Å². The minimum Gasteiger partial charge on any atom is -0.468 e. The summed E-state index contributed by atoms with van der Waals surface area (Å²) < 4.78 is 10.7. The van der Waals surface area contributed by atoms with Gasteiger partial charge in [0.1, 0.15) is 11.5 Å². The molecule has 1 aliphatic heterocycles. The first-order valence-corrected chi connectivity index (χ1v) is 9.46. The number of hydrogen-bond acceptors (Lipinski definition) is 4. The molecule has 1 saturated heterocycles. The topological polar surface area (TPSA) is 55.8 Å². The Kier molecular flexibility index (Phi) is 7.06. The fourth-order valence-corrected chi connectivity index (χ4v) is 3.51. The lowest BCUT2D eigenvalue weighted by molar-refractivity contribution is -0.144. The third kappa shape index (κ3) is 5.48. The molecule has 5 nitrogen and oxygen atoms in total. The number of nitrogens with zero attached hydrogens (tertiary/aromatic N) is 1. The summed E-state index contributed by atoms with van der Waals surface area (Å²) in [4.78, 5) is 27.3. The molecule has 0 bridgehead atoms. The highest BCUT2D eigenvalue weighted by atomic mass is 16.6. The maximum Gasteiger partial charge on any atom is 0.410 e. The van der Waals surface area contributed by atoms with E-state index in [1.165, 1.54) is 7.11 Å². The molecule has 0 aromatic heterocycles. The molecule has 2 rings (SSSR count). The molecule has 0 saturated carbocycles. The Balaban J connectivity index is 2.38. The van der Waals surface area contributed by atoms with Gasteiger partial charge in [0.2, 0.25) is 0 Å². The summed E-state index contributed by atoms with van der Waals surface area (Å²) in [6.07, 6.45) is 4.49. The quantitative estimate of drug-likeness (QED) is 0.743. The highest BCUT2D eigenvalue weighted by molar-refractivity contribution is 5.80. The van der Waals surface area contributed by atoms with Gasteiger partial charge in [-0.25, -0.2) is 4.79 Å². The van der Waals surface area contributed by atoms with Crippen molar-refractivity contribution >= 4 is 12.1 Å². The summed E-state index contributed by atoms with van der Waals surface area (Å²) in [5, 5.41) is 0. The van der Waals surface area contributed by atoms with E-state index in [-0.39, 0.29) is 18.1 Å². The summed E-state index contributed by atoms with van der Waals surface area (Å²) >= 11 is 0. The standard InChI is InChI=1S/C21H31NO4/c1-21(2,3)26-20(24)22-15-11-6-5-10-14-17(22)18(19(23)25-4)16-12-8-7-9-13-16/h7-9,12-13,17-18H,5-6,10-11,14-15H2,1-4H3/t17-,18+/m0/s1. The van der Waals surface area contributed by atoms with Gasteiger partial charge in [0.15, 0.2) is 0 Å². The van der Waals surface area contributed by atoms with Gasteiger partial charge in [-0.05, 0) is 39.2 Å². The molecule has 2 atom stereocenters. The fraction of sp³-hybridized carbons (Fsp3) is 0.619. The Labute approximate surface area is 156 Å². The zero-order chi connectivity index (χ0) is 19.2. The Morgan fingerprint density at radius 1 is 1.08 bits per heavy atom. The van der Waals surface area contributed by atoms with Crippen molar-refractivity contribution in [2.75, 3.05) is 13.7 Å². The van der Waals surface area contributed by atoms with Crippen LogP contribution in [0, 0.1) is 0 Å². The van der Waals surface area contributed by atoms with E-state index in [0.29, 0.717) is 6.54 Å². The molecular formula is C21H31NO4. The van der Waals surface area contributed by atoms with Crippen LogP contribution in [0.5, 0.6) is 0 Å². The first-order valence-electron chi connectivity index (χ1n) is 9.46. The molecule has 0 spiro atoms. The number of likely N-dealkylation sites (tertiary alicyclic amines) is 1. The molecule has 1 fully saturated rings. The molecular weight excluding hydrogens is 330 g/mol. The zero-order valence-electron chi connectivity index (χ0n) is 16.4. The molecule has 1 aliphatic rings. The normalized spacial score (nSPS) is 19.8. The SMILES string of the molecule is COC(=O)[C@H](c1ccccc1)[C@@H]1CCCCCCN1C(=O)OC(C)(C)C. The van der Waals surface area contributed by atoms with E-state index >= 15 is 0 Å². The van der Waals surface area contributed by atoms with E-state index < -0.39 is 11.5 Å². The number of benzene rings is 1. The number of carbonyl (C=O) groups excluding carboxylic acids is 2. The van der Waals surface area contributed by atoms with Gasteiger partial charge in [0.05, 0.1) is 13.2 Å². The van der Waals surface area contributed by atoms with Crippen LogP contribution in [-0.2, 0) is 14.3 Å². The number of methoxy groups -OCH3 is 1. The highest BCUT2D eigenvalue weighted by Gasteiger charge is 2.38. The Morgan fingerprint density at radius 3 is 2.35 bits per heavy atom. The van der Waals surface area contributed by atoms with Gasteiger partial charge in [0.25, 0.3) is 0 Å². The van der Waals surface area contributed by atoms with Crippen LogP contribution in [0.15, 0.2) is 30.3 Å². The van der Waals surface area contributed by atoms with Crippen molar-refractivity contribution in [1.29, 1.82) is 0 Å². The lowest BCUT2D eigenvalue weighted by Crippen LogP contribution is -2.49. The maximum absolute atomic E-state index is 12.9. The van der Waals surface area contributed by atoms with Crippen LogP contribution in [0.3, 0.4) is 0 Å². The predicted molar refractivity (Wildman–Crippen MR) is 101 cm³/mol. The van der Waals surface area contributed by atoms with Crippen molar-refractivity contribution in [1.82, 2.24) is 4.90 Å². The van der Waals surface area contributed by atoms with E-state index in [9.17, 15) is 9.59 Å². The molecule has 0 radical (unpaired) electrons. The molecule has 1 aromatic rings. The minimum atomic E-state index is -0.572. The number of esters is 1. The molecule has 1 aromatic carbocycles.